The van der Waals surface area contributed by atoms with Crippen LogP contribution in [0.25, 0.3) is 0 Å². The second-order valence-electron chi connectivity index (χ2n) is 4.09. The second-order valence-corrected chi connectivity index (χ2v) is 6.56. The highest BCUT2D eigenvalue weighted by atomic mass is 32.2. The highest BCUT2D eigenvalue weighted by Crippen LogP contribution is 2.27. The van der Waals surface area contributed by atoms with Gasteiger partial charge in [-0.3, -0.25) is 4.72 Å². The molecule has 0 aliphatic heterocycles. The minimum Gasteiger partial charge on any atom is -0.477 e. The molecule has 8 nitrogen and oxygen atoms in total. The smallest absolute Gasteiger partial charge is 0.422 e. The van der Waals surface area contributed by atoms with Crippen LogP contribution in [0.4, 0.5) is 9.80 Å². The van der Waals surface area contributed by atoms with Gasteiger partial charge in [-0.25, -0.2) is 14.3 Å². The maximum atomic E-state index is 11.6. The first-order valence-electron chi connectivity index (χ1n) is 5.45. The third-order valence-electron chi connectivity index (χ3n) is 1.91. The van der Waals surface area contributed by atoms with Crippen molar-refractivity contribution in [3.05, 3.63) is 16.5 Å². The van der Waals surface area contributed by atoms with Crippen molar-refractivity contribution in [1.29, 1.82) is 0 Å². The molecule has 0 spiro atoms. The summed E-state index contributed by atoms with van der Waals surface area (Å²) in [4.78, 5) is 22.1. The zero-order valence-corrected chi connectivity index (χ0v) is 12.6. The van der Waals surface area contributed by atoms with Gasteiger partial charge in [-0.2, -0.15) is 8.42 Å². The first-order valence-corrected chi connectivity index (χ1v) is 7.75. The van der Waals surface area contributed by atoms with Crippen LogP contribution in [0.2, 0.25) is 0 Å². The summed E-state index contributed by atoms with van der Waals surface area (Å²) in [6, 6.07) is 1.36. The molecule has 10 heteroatoms. The Balaban J connectivity index is 2.79. The average molecular weight is 322 g/mol. The number of nitrogens with one attached hydrogen (secondary N) is 2. The molecule has 0 aromatic carbocycles. The fraction of sp³-hybridized carbons (Fsp3) is 0.400. The number of hydrogen-bond donors (Lipinski definition) is 3. The van der Waals surface area contributed by atoms with Gasteiger partial charge in [0.2, 0.25) is 0 Å². The molecule has 1 aromatic heterocycles. The topological polar surface area (TPSA) is 122 Å². The van der Waals surface area contributed by atoms with E-state index in [0.29, 0.717) is 5.56 Å². The van der Waals surface area contributed by atoms with Crippen molar-refractivity contribution in [2.45, 2.75) is 26.9 Å². The van der Waals surface area contributed by atoms with Crippen molar-refractivity contribution in [2.75, 3.05) is 4.72 Å². The summed E-state index contributed by atoms with van der Waals surface area (Å²) in [5.41, 5.74) is 0.421. The predicted octanol–water partition coefficient (Wildman–Crippen LogP) is 1.55. The number of rotatable bonds is 5. The van der Waals surface area contributed by atoms with E-state index < -0.39 is 28.4 Å². The molecule has 0 saturated heterocycles. The number of thiophene rings is 1. The number of anilines is 1. The van der Waals surface area contributed by atoms with E-state index in [9.17, 15) is 18.0 Å². The van der Waals surface area contributed by atoms with Gasteiger partial charge in [0.05, 0.1) is 6.10 Å². The lowest BCUT2D eigenvalue weighted by Crippen LogP contribution is -2.36. The number of hydrogen-bond acceptors (Lipinski definition) is 6. The van der Waals surface area contributed by atoms with Gasteiger partial charge in [-0.05, 0) is 32.4 Å². The fourth-order valence-corrected chi connectivity index (χ4v) is 3.15. The largest absolute Gasteiger partial charge is 0.477 e. The van der Waals surface area contributed by atoms with Crippen LogP contribution in [0, 0.1) is 6.92 Å². The van der Waals surface area contributed by atoms with Gasteiger partial charge in [0.15, 0.2) is 0 Å². The lowest BCUT2D eigenvalue weighted by Gasteiger charge is -2.10. The number of aryl methyl sites for hydroxylation is 1. The highest BCUT2D eigenvalue weighted by Gasteiger charge is 2.19. The Bertz CT molecular complexity index is 620. The van der Waals surface area contributed by atoms with Gasteiger partial charge >= 0.3 is 22.3 Å². The molecule has 0 unspecified atom stereocenters. The van der Waals surface area contributed by atoms with E-state index in [2.05, 4.69) is 9.46 Å². The number of carbonyl (C=O) groups is 2. The molecule has 0 fully saturated rings. The number of amides is 1. The first kappa shape index (κ1) is 16.2. The molecule has 1 amide bonds. The number of carboxylic acids is 1. The fourth-order valence-electron chi connectivity index (χ4n) is 1.25. The Morgan fingerprint density at radius 3 is 2.45 bits per heavy atom. The Kier molecular flexibility index (Phi) is 4.95. The summed E-state index contributed by atoms with van der Waals surface area (Å²) in [6.07, 6.45) is -1.58. The van der Waals surface area contributed by atoms with Gasteiger partial charge in [0, 0.05) is 0 Å². The molecule has 0 saturated carbocycles. The Hall–Kier alpha value is -1.81. The summed E-state index contributed by atoms with van der Waals surface area (Å²) in [7, 11) is -4.17. The van der Waals surface area contributed by atoms with Crippen LogP contribution in [0.5, 0.6) is 0 Å². The Labute approximate surface area is 119 Å². The van der Waals surface area contributed by atoms with E-state index in [4.69, 9.17) is 5.11 Å². The molecule has 112 valence electrons. The van der Waals surface area contributed by atoms with Gasteiger partial charge < -0.3 is 9.84 Å². The molecular formula is C10H14N2O6S2. The van der Waals surface area contributed by atoms with E-state index >= 15 is 0 Å². The lowest BCUT2D eigenvalue weighted by atomic mass is 10.3. The summed E-state index contributed by atoms with van der Waals surface area (Å²) >= 11 is 0.754. The predicted molar refractivity (Wildman–Crippen MR) is 73.3 cm³/mol. The minimum absolute atomic E-state index is 0.0208. The van der Waals surface area contributed by atoms with Gasteiger partial charge in [-0.1, -0.05) is 0 Å². The zero-order chi connectivity index (χ0) is 15.5. The molecule has 1 aromatic rings. The number of ether oxygens (including phenoxy) is 1. The van der Waals surface area contributed by atoms with Crippen LogP contribution < -0.4 is 9.44 Å². The van der Waals surface area contributed by atoms with Crippen molar-refractivity contribution < 1.29 is 27.9 Å². The summed E-state index contributed by atoms with van der Waals surface area (Å²) < 4.78 is 31.6. The standard InChI is InChI=1S/C10H14N2O6S2/c1-5(2)18-10(15)12-20(16,17)11-7-4-6(3)8(19-7)9(13)14/h4-5,11H,1-3H3,(H,12,15)(H,13,14). The molecule has 1 heterocycles. The highest BCUT2D eigenvalue weighted by molar-refractivity contribution is 7.91. The van der Waals surface area contributed by atoms with Crippen molar-refractivity contribution in [3.8, 4) is 0 Å². The molecule has 20 heavy (non-hydrogen) atoms. The third-order valence-corrected chi connectivity index (χ3v) is 4.10. The van der Waals surface area contributed by atoms with E-state index in [1.165, 1.54) is 13.0 Å². The molecule has 0 atom stereocenters. The summed E-state index contributed by atoms with van der Waals surface area (Å²) in [6.45, 7) is 4.68. The first-order chi connectivity index (χ1) is 9.10. The van der Waals surface area contributed by atoms with Gasteiger partial charge in [0.25, 0.3) is 0 Å². The van der Waals surface area contributed by atoms with E-state index in [1.807, 2.05) is 0 Å². The number of carbonyl (C=O) groups excluding carboxylic acids is 1. The molecule has 0 bridgehead atoms. The molecular weight excluding hydrogens is 308 g/mol. The average Bonchev–Trinajstić information content (AvgIpc) is 2.55. The van der Waals surface area contributed by atoms with Crippen molar-refractivity contribution in [2.24, 2.45) is 0 Å². The van der Waals surface area contributed by atoms with Crippen LogP contribution in [0.1, 0.15) is 29.1 Å². The van der Waals surface area contributed by atoms with Crippen molar-refractivity contribution in [3.63, 3.8) is 0 Å². The molecule has 3 N–H and O–H groups in total. The van der Waals surface area contributed by atoms with Crippen LogP contribution in [0.3, 0.4) is 0 Å². The van der Waals surface area contributed by atoms with Gasteiger partial charge in [-0.15, -0.1) is 11.3 Å². The van der Waals surface area contributed by atoms with Crippen LogP contribution in [-0.4, -0.2) is 31.7 Å². The van der Waals surface area contributed by atoms with E-state index in [1.54, 1.807) is 18.6 Å². The lowest BCUT2D eigenvalue weighted by molar-refractivity contribution is 0.0701. The van der Waals surface area contributed by atoms with Crippen LogP contribution in [-0.2, 0) is 14.9 Å². The monoisotopic (exact) mass is 322 g/mol. The minimum atomic E-state index is -4.17. The maximum absolute atomic E-state index is 11.6. The summed E-state index contributed by atoms with van der Waals surface area (Å²) in [5.74, 6) is -1.15. The zero-order valence-electron chi connectivity index (χ0n) is 11.0. The third kappa shape index (κ3) is 4.70. The van der Waals surface area contributed by atoms with Crippen molar-refractivity contribution in [1.82, 2.24) is 4.72 Å². The van der Waals surface area contributed by atoms with Crippen LogP contribution >= 0.6 is 11.3 Å². The quantitative estimate of drug-likeness (QED) is 0.756. The molecule has 0 aliphatic rings. The van der Waals surface area contributed by atoms with Crippen molar-refractivity contribution >= 4 is 38.6 Å². The molecule has 0 radical (unpaired) electrons. The van der Waals surface area contributed by atoms with Crippen LogP contribution in [0.15, 0.2) is 6.07 Å². The molecule has 0 aliphatic carbocycles. The number of aromatic carboxylic acids is 1. The summed E-state index contributed by atoms with van der Waals surface area (Å²) in [5, 5.41) is 8.95. The van der Waals surface area contributed by atoms with E-state index in [0.717, 1.165) is 11.3 Å². The maximum Gasteiger partial charge on any atom is 0.422 e. The SMILES string of the molecule is Cc1cc(NS(=O)(=O)NC(=O)OC(C)C)sc1C(=O)O. The normalized spacial score (nSPS) is 11.2. The van der Waals surface area contributed by atoms with E-state index in [-0.39, 0.29) is 9.88 Å². The number of carboxylic acid groups (broad SMARTS) is 1. The second kappa shape index (κ2) is 6.09. The Morgan fingerprint density at radius 2 is 2.00 bits per heavy atom. The van der Waals surface area contributed by atoms with Gasteiger partial charge in [0.1, 0.15) is 9.88 Å². The Morgan fingerprint density at radius 1 is 1.40 bits per heavy atom. The molecule has 1 rings (SSSR count).